The van der Waals surface area contributed by atoms with Crippen LogP contribution in [-0.4, -0.2) is 31.3 Å². The van der Waals surface area contributed by atoms with Crippen LogP contribution >= 0.6 is 23.4 Å². The number of methoxy groups -OCH3 is 1. The van der Waals surface area contributed by atoms with Gasteiger partial charge in [-0.05, 0) is 30.3 Å². The van der Waals surface area contributed by atoms with Crippen molar-refractivity contribution in [2.24, 2.45) is 0 Å². The molecule has 2 rings (SSSR count). The maximum Gasteiger partial charge on any atom is 0.316 e. The molecule has 0 spiro atoms. The highest BCUT2D eigenvalue weighted by Crippen LogP contribution is 2.27. The van der Waals surface area contributed by atoms with Crippen LogP contribution in [0, 0.1) is 0 Å². The number of benzene rings is 2. The van der Waals surface area contributed by atoms with E-state index in [1.54, 1.807) is 18.2 Å². The van der Waals surface area contributed by atoms with Gasteiger partial charge in [0.2, 0.25) is 0 Å². The summed E-state index contributed by atoms with van der Waals surface area (Å²) in [5.41, 5.74) is 0.421. The van der Waals surface area contributed by atoms with Gasteiger partial charge in [0.15, 0.2) is 6.61 Å². The average Bonchev–Trinajstić information content (AvgIpc) is 2.59. The molecule has 0 saturated carbocycles. The summed E-state index contributed by atoms with van der Waals surface area (Å²) in [6, 6.07) is 14.3. The summed E-state index contributed by atoms with van der Waals surface area (Å²) in [6.07, 6.45) is 0. The maximum atomic E-state index is 11.9. The third kappa shape index (κ3) is 5.79. The summed E-state index contributed by atoms with van der Waals surface area (Å²) in [4.78, 5) is 24.5. The molecule has 2 aromatic rings. The Morgan fingerprint density at radius 1 is 1.17 bits per heavy atom. The van der Waals surface area contributed by atoms with E-state index in [1.165, 1.54) is 18.9 Å². The van der Waals surface area contributed by atoms with Gasteiger partial charge in [-0.3, -0.25) is 9.59 Å². The summed E-state index contributed by atoms with van der Waals surface area (Å²) in [6.45, 7) is -0.371. The maximum absolute atomic E-state index is 11.9. The number of anilines is 1. The number of carbonyl (C=O) groups is 2. The van der Waals surface area contributed by atoms with Gasteiger partial charge in [-0.2, -0.15) is 0 Å². The molecular formula is C17H16ClNO4S. The zero-order valence-electron chi connectivity index (χ0n) is 13.0. The molecule has 0 saturated heterocycles. The molecule has 2 aromatic carbocycles. The Hall–Kier alpha value is -2.18. The lowest BCUT2D eigenvalue weighted by Crippen LogP contribution is -2.21. The SMILES string of the molecule is COc1ccc(Cl)cc1NC(=O)COC(=O)CSc1ccccc1. The quantitative estimate of drug-likeness (QED) is 0.599. The second kappa shape index (κ2) is 9.20. The molecule has 24 heavy (non-hydrogen) atoms. The molecule has 126 valence electrons. The number of carbonyl (C=O) groups excluding carboxylic acids is 2. The third-order valence-electron chi connectivity index (χ3n) is 2.90. The van der Waals surface area contributed by atoms with E-state index >= 15 is 0 Å². The van der Waals surface area contributed by atoms with Crippen molar-refractivity contribution in [2.75, 3.05) is 24.8 Å². The number of thioether (sulfide) groups is 1. The standard InChI is InChI=1S/C17H16ClNO4S/c1-22-15-8-7-12(18)9-14(15)19-16(20)10-23-17(21)11-24-13-5-3-2-4-6-13/h2-9H,10-11H2,1H3,(H,19,20). The van der Waals surface area contributed by atoms with Crippen molar-refractivity contribution in [3.8, 4) is 5.75 Å². The van der Waals surface area contributed by atoms with Gasteiger partial charge in [0.05, 0.1) is 18.6 Å². The molecule has 0 aromatic heterocycles. The lowest BCUT2D eigenvalue weighted by atomic mass is 10.3. The molecule has 0 aliphatic heterocycles. The highest BCUT2D eigenvalue weighted by atomic mass is 35.5. The van der Waals surface area contributed by atoms with Gasteiger partial charge in [0.1, 0.15) is 5.75 Å². The Bertz CT molecular complexity index is 709. The zero-order valence-corrected chi connectivity index (χ0v) is 14.5. The fraction of sp³-hybridized carbons (Fsp3) is 0.176. The first-order chi connectivity index (χ1) is 11.6. The van der Waals surface area contributed by atoms with Crippen LogP contribution in [-0.2, 0) is 14.3 Å². The number of esters is 1. The number of amides is 1. The highest BCUT2D eigenvalue weighted by molar-refractivity contribution is 8.00. The van der Waals surface area contributed by atoms with Crippen molar-refractivity contribution in [2.45, 2.75) is 4.90 Å². The Kier molecular flexibility index (Phi) is 6.96. The highest BCUT2D eigenvalue weighted by Gasteiger charge is 2.11. The topological polar surface area (TPSA) is 64.6 Å². The zero-order chi connectivity index (χ0) is 17.4. The Morgan fingerprint density at radius 2 is 1.92 bits per heavy atom. The first-order valence-corrected chi connectivity index (χ1v) is 8.41. The molecular weight excluding hydrogens is 350 g/mol. The van der Waals surface area contributed by atoms with E-state index < -0.39 is 11.9 Å². The molecule has 0 heterocycles. The molecule has 0 aliphatic rings. The van der Waals surface area contributed by atoms with Crippen LogP contribution in [0.1, 0.15) is 0 Å². The number of nitrogens with one attached hydrogen (secondary N) is 1. The van der Waals surface area contributed by atoms with Gasteiger partial charge < -0.3 is 14.8 Å². The van der Waals surface area contributed by atoms with E-state index in [-0.39, 0.29) is 12.4 Å². The van der Waals surface area contributed by atoms with E-state index in [0.29, 0.717) is 16.5 Å². The molecule has 5 nitrogen and oxygen atoms in total. The second-order valence-corrected chi connectivity index (χ2v) is 6.14. The Morgan fingerprint density at radius 3 is 2.62 bits per heavy atom. The van der Waals surface area contributed by atoms with Crippen molar-refractivity contribution < 1.29 is 19.1 Å². The van der Waals surface area contributed by atoms with Crippen LogP contribution in [0.4, 0.5) is 5.69 Å². The number of hydrogen-bond donors (Lipinski definition) is 1. The normalized spacial score (nSPS) is 10.1. The van der Waals surface area contributed by atoms with Gasteiger partial charge in [0, 0.05) is 9.92 Å². The molecule has 7 heteroatoms. The second-order valence-electron chi connectivity index (χ2n) is 4.66. The van der Waals surface area contributed by atoms with Crippen LogP contribution in [0.25, 0.3) is 0 Å². The molecule has 0 atom stereocenters. The molecule has 0 aliphatic carbocycles. The minimum absolute atomic E-state index is 0.137. The Balaban J connectivity index is 1.78. The van der Waals surface area contributed by atoms with Crippen LogP contribution in [0.3, 0.4) is 0 Å². The predicted molar refractivity (Wildman–Crippen MR) is 94.8 cm³/mol. The fourth-order valence-electron chi connectivity index (χ4n) is 1.81. The molecule has 0 radical (unpaired) electrons. The lowest BCUT2D eigenvalue weighted by Gasteiger charge is -2.10. The summed E-state index contributed by atoms with van der Waals surface area (Å²) in [5, 5.41) is 3.06. The summed E-state index contributed by atoms with van der Waals surface area (Å²) in [7, 11) is 1.49. The van der Waals surface area contributed by atoms with Crippen molar-refractivity contribution in [3.63, 3.8) is 0 Å². The van der Waals surface area contributed by atoms with Crippen molar-refractivity contribution >= 4 is 40.9 Å². The lowest BCUT2D eigenvalue weighted by molar-refractivity contribution is -0.144. The number of hydrogen-bond acceptors (Lipinski definition) is 5. The summed E-state index contributed by atoms with van der Waals surface area (Å²) >= 11 is 7.24. The van der Waals surface area contributed by atoms with E-state index in [9.17, 15) is 9.59 Å². The molecule has 1 amide bonds. The fourth-order valence-corrected chi connectivity index (χ4v) is 2.70. The Labute approximate surface area is 149 Å². The average molecular weight is 366 g/mol. The molecule has 0 unspecified atom stereocenters. The van der Waals surface area contributed by atoms with Crippen molar-refractivity contribution in [1.29, 1.82) is 0 Å². The van der Waals surface area contributed by atoms with E-state index in [0.717, 1.165) is 4.90 Å². The van der Waals surface area contributed by atoms with Crippen LogP contribution in [0.15, 0.2) is 53.4 Å². The minimum Gasteiger partial charge on any atom is -0.495 e. The van der Waals surface area contributed by atoms with Gasteiger partial charge in [-0.25, -0.2) is 0 Å². The van der Waals surface area contributed by atoms with E-state index in [1.807, 2.05) is 30.3 Å². The van der Waals surface area contributed by atoms with Crippen LogP contribution < -0.4 is 10.1 Å². The first-order valence-electron chi connectivity index (χ1n) is 7.05. The van der Waals surface area contributed by atoms with Crippen molar-refractivity contribution in [3.05, 3.63) is 53.6 Å². The van der Waals surface area contributed by atoms with Crippen molar-refractivity contribution in [1.82, 2.24) is 0 Å². The monoisotopic (exact) mass is 365 g/mol. The smallest absolute Gasteiger partial charge is 0.316 e. The molecule has 0 bridgehead atoms. The number of halogens is 1. The van der Waals surface area contributed by atoms with E-state index in [2.05, 4.69) is 5.32 Å². The van der Waals surface area contributed by atoms with E-state index in [4.69, 9.17) is 21.1 Å². The van der Waals surface area contributed by atoms with Gasteiger partial charge >= 0.3 is 5.97 Å². The third-order valence-corrected chi connectivity index (χ3v) is 4.12. The molecule has 1 N–H and O–H groups in total. The van der Waals surface area contributed by atoms with Gasteiger partial charge in [0.25, 0.3) is 5.91 Å². The predicted octanol–water partition coefficient (Wildman–Crippen LogP) is 3.62. The van der Waals surface area contributed by atoms with Gasteiger partial charge in [-0.1, -0.05) is 29.8 Å². The molecule has 0 fully saturated rings. The summed E-state index contributed by atoms with van der Waals surface area (Å²) in [5.74, 6) is -0.318. The van der Waals surface area contributed by atoms with Gasteiger partial charge in [-0.15, -0.1) is 11.8 Å². The van der Waals surface area contributed by atoms with Crippen LogP contribution in [0.2, 0.25) is 5.02 Å². The number of rotatable bonds is 7. The largest absolute Gasteiger partial charge is 0.495 e. The summed E-state index contributed by atoms with van der Waals surface area (Å²) < 4.78 is 10.1. The number of ether oxygens (including phenoxy) is 2. The first kappa shape index (κ1) is 18.2. The minimum atomic E-state index is -0.464. The van der Waals surface area contributed by atoms with Crippen LogP contribution in [0.5, 0.6) is 5.75 Å².